The molecule has 100 valence electrons. The molecule has 1 atom stereocenters. The first kappa shape index (κ1) is 13.6. The van der Waals surface area contributed by atoms with Gasteiger partial charge in [-0.3, -0.25) is 0 Å². The molecule has 1 aliphatic carbocycles. The first-order chi connectivity index (χ1) is 8.90. The Morgan fingerprint density at radius 3 is 2.33 bits per heavy atom. The Bertz CT molecular complexity index is 317. The maximum Gasteiger partial charge on any atom is 0.0587 e. The summed E-state index contributed by atoms with van der Waals surface area (Å²) in [5.74, 6) is 0.654. The molecule has 0 saturated heterocycles. The van der Waals surface area contributed by atoms with Gasteiger partial charge in [-0.05, 0) is 24.3 Å². The summed E-state index contributed by atoms with van der Waals surface area (Å²) in [5, 5.41) is 13.1. The van der Waals surface area contributed by atoms with Crippen LogP contribution in [0.4, 0.5) is 0 Å². The first-order valence-electron chi connectivity index (χ1n) is 7.28. The topological polar surface area (TPSA) is 32.3 Å². The van der Waals surface area contributed by atoms with Gasteiger partial charge in [-0.25, -0.2) is 0 Å². The van der Waals surface area contributed by atoms with Crippen LogP contribution in [0.3, 0.4) is 0 Å². The molecule has 1 unspecified atom stereocenters. The third-order valence-corrected chi connectivity index (χ3v) is 4.08. The number of hydrogen-bond donors (Lipinski definition) is 2. The number of nitrogens with one attached hydrogen (secondary N) is 1. The third-order valence-electron chi connectivity index (χ3n) is 4.08. The van der Waals surface area contributed by atoms with Crippen LogP contribution < -0.4 is 5.32 Å². The van der Waals surface area contributed by atoms with E-state index in [9.17, 15) is 5.11 Å². The van der Waals surface area contributed by atoms with Crippen molar-refractivity contribution in [2.24, 2.45) is 5.92 Å². The van der Waals surface area contributed by atoms with Crippen molar-refractivity contribution in [2.45, 2.75) is 51.1 Å². The van der Waals surface area contributed by atoms with Crippen molar-refractivity contribution >= 4 is 0 Å². The fraction of sp³-hybridized carbons (Fsp3) is 0.625. The third kappa shape index (κ3) is 4.11. The van der Waals surface area contributed by atoms with Crippen LogP contribution in [0.25, 0.3) is 0 Å². The maximum absolute atomic E-state index is 9.59. The monoisotopic (exact) mass is 247 g/mol. The standard InChI is InChI=1S/C16H25NO/c18-13-16(15-10-6-1-2-7-11-15)17-12-14-8-4-3-5-9-14/h3-5,8-9,15-18H,1-2,6-7,10-13H2. The van der Waals surface area contributed by atoms with Crippen molar-refractivity contribution in [3.05, 3.63) is 35.9 Å². The van der Waals surface area contributed by atoms with E-state index in [4.69, 9.17) is 0 Å². The van der Waals surface area contributed by atoms with E-state index in [1.54, 1.807) is 0 Å². The fourth-order valence-corrected chi connectivity index (χ4v) is 2.94. The van der Waals surface area contributed by atoms with Gasteiger partial charge >= 0.3 is 0 Å². The highest BCUT2D eigenvalue weighted by Gasteiger charge is 2.21. The molecule has 0 heterocycles. The molecule has 1 aromatic rings. The van der Waals surface area contributed by atoms with Gasteiger partial charge in [0.25, 0.3) is 0 Å². The lowest BCUT2D eigenvalue weighted by Crippen LogP contribution is -2.38. The molecular weight excluding hydrogens is 222 g/mol. The Balaban J connectivity index is 1.84. The second-order valence-electron chi connectivity index (χ2n) is 5.41. The molecule has 18 heavy (non-hydrogen) atoms. The molecule has 1 fully saturated rings. The molecule has 0 aromatic heterocycles. The van der Waals surface area contributed by atoms with E-state index in [1.807, 2.05) is 6.07 Å². The zero-order chi connectivity index (χ0) is 12.6. The van der Waals surface area contributed by atoms with E-state index < -0.39 is 0 Å². The van der Waals surface area contributed by atoms with Crippen molar-refractivity contribution in [2.75, 3.05) is 6.61 Å². The minimum Gasteiger partial charge on any atom is -0.395 e. The van der Waals surface area contributed by atoms with E-state index in [0.717, 1.165) is 6.54 Å². The summed E-state index contributed by atoms with van der Waals surface area (Å²) in [6.07, 6.45) is 7.93. The molecule has 1 aliphatic rings. The molecule has 0 radical (unpaired) electrons. The fourth-order valence-electron chi connectivity index (χ4n) is 2.94. The summed E-state index contributed by atoms with van der Waals surface area (Å²) >= 11 is 0. The molecule has 2 rings (SSSR count). The van der Waals surface area contributed by atoms with E-state index in [1.165, 1.54) is 44.1 Å². The number of aliphatic hydroxyl groups is 1. The molecule has 2 N–H and O–H groups in total. The lowest BCUT2D eigenvalue weighted by Gasteiger charge is -2.25. The SMILES string of the molecule is OCC(NCc1ccccc1)C1CCCCCC1. The predicted octanol–water partition coefficient (Wildman–Crippen LogP) is 3.11. The quantitative estimate of drug-likeness (QED) is 0.784. The Morgan fingerprint density at radius 1 is 1.06 bits per heavy atom. The molecule has 2 nitrogen and oxygen atoms in total. The van der Waals surface area contributed by atoms with Gasteiger partial charge in [0.15, 0.2) is 0 Å². The second-order valence-corrected chi connectivity index (χ2v) is 5.41. The Morgan fingerprint density at radius 2 is 1.72 bits per heavy atom. The maximum atomic E-state index is 9.59. The molecule has 1 aromatic carbocycles. The van der Waals surface area contributed by atoms with Crippen molar-refractivity contribution in [3.63, 3.8) is 0 Å². The molecule has 2 heteroatoms. The summed E-state index contributed by atoms with van der Waals surface area (Å²) in [6, 6.07) is 10.7. The first-order valence-corrected chi connectivity index (χ1v) is 7.28. The molecule has 1 saturated carbocycles. The highest BCUT2D eigenvalue weighted by Crippen LogP contribution is 2.25. The van der Waals surface area contributed by atoms with Crippen LogP contribution >= 0.6 is 0 Å². The van der Waals surface area contributed by atoms with E-state index >= 15 is 0 Å². The number of benzene rings is 1. The average Bonchev–Trinajstić information content (AvgIpc) is 2.70. The molecule has 0 bridgehead atoms. The summed E-state index contributed by atoms with van der Waals surface area (Å²) < 4.78 is 0. The van der Waals surface area contributed by atoms with Gasteiger partial charge in [0.1, 0.15) is 0 Å². The Kier molecular flexibility index (Phi) is 5.69. The lowest BCUT2D eigenvalue weighted by molar-refractivity contribution is 0.186. The van der Waals surface area contributed by atoms with Crippen molar-refractivity contribution in [3.8, 4) is 0 Å². The summed E-state index contributed by atoms with van der Waals surface area (Å²) in [5.41, 5.74) is 1.30. The highest BCUT2D eigenvalue weighted by atomic mass is 16.3. The second kappa shape index (κ2) is 7.55. The minimum absolute atomic E-state index is 0.261. The molecule has 0 amide bonds. The van der Waals surface area contributed by atoms with Crippen molar-refractivity contribution in [1.29, 1.82) is 0 Å². The van der Waals surface area contributed by atoms with Gasteiger partial charge in [0.05, 0.1) is 6.61 Å². The Labute approximate surface area is 110 Å². The average molecular weight is 247 g/mol. The lowest BCUT2D eigenvalue weighted by atomic mass is 9.92. The van der Waals surface area contributed by atoms with Crippen molar-refractivity contribution < 1.29 is 5.11 Å². The minimum atomic E-state index is 0.261. The van der Waals surface area contributed by atoms with E-state index in [2.05, 4.69) is 29.6 Å². The number of rotatable bonds is 5. The zero-order valence-corrected chi connectivity index (χ0v) is 11.1. The molecular formula is C16H25NO. The van der Waals surface area contributed by atoms with Gasteiger partial charge in [-0.2, -0.15) is 0 Å². The largest absolute Gasteiger partial charge is 0.395 e. The van der Waals surface area contributed by atoms with Crippen LogP contribution in [0.2, 0.25) is 0 Å². The Hall–Kier alpha value is -0.860. The number of hydrogen-bond acceptors (Lipinski definition) is 2. The predicted molar refractivity (Wildman–Crippen MR) is 75.3 cm³/mol. The summed E-state index contributed by atoms with van der Waals surface area (Å²) in [4.78, 5) is 0. The van der Waals surface area contributed by atoms with Crippen LogP contribution in [-0.4, -0.2) is 17.8 Å². The van der Waals surface area contributed by atoms with E-state index in [-0.39, 0.29) is 12.6 Å². The van der Waals surface area contributed by atoms with Gasteiger partial charge < -0.3 is 10.4 Å². The highest BCUT2D eigenvalue weighted by molar-refractivity contribution is 5.14. The van der Waals surface area contributed by atoms with Gasteiger partial charge in [-0.15, -0.1) is 0 Å². The van der Waals surface area contributed by atoms with Crippen LogP contribution in [0.1, 0.15) is 44.1 Å². The van der Waals surface area contributed by atoms with Crippen LogP contribution in [-0.2, 0) is 6.54 Å². The van der Waals surface area contributed by atoms with Crippen LogP contribution in [0, 0.1) is 5.92 Å². The molecule has 0 spiro atoms. The normalized spacial score (nSPS) is 19.4. The van der Waals surface area contributed by atoms with Crippen LogP contribution in [0.15, 0.2) is 30.3 Å². The van der Waals surface area contributed by atoms with Gasteiger partial charge in [0, 0.05) is 12.6 Å². The smallest absolute Gasteiger partial charge is 0.0587 e. The van der Waals surface area contributed by atoms with Crippen LogP contribution in [0.5, 0.6) is 0 Å². The van der Waals surface area contributed by atoms with Crippen molar-refractivity contribution in [1.82, 2.24) is 5.32 Å². The summed E-state index contributed by atoms with van der Waals surface area (Å²) in [6.45, 7) is 1.13. The summed E-state index contributed by atoms with van der Waals surface area (Å²) in [7, 11) is 0. The number of aliphatic hydroxyl groups excluding tert-OH is 1. The van der Waals surface area contributed by atoms with E-state index in [0.29, 0.717) is 5.92 Å². The van der Waals surface area contributed by atoms with Gasteiger partial charge in [0.2, 0.25) is 0 Å². The molecule has 0 aliphatic heterocycles. The zero-order valence-electron chi connectivity index (χ0n) is 11.1. The van der Waals surface area contributed by atoms with Gasteiger partial charge in [-0.1, -0.05) is 56.0 Å².